The minimum Gasteiger partial charge on any atom is -1.00 e. The Morgan fingerprint density at radius 2 is 1.35 bits per heavy atom. The summed E-state index contributed by atoms with van der Waals surface area (Å²) >= 11 is 0. The van der Waals surface area contributed by atoms with E-state index in [4.69, 9.17) is 0 Å². The van der Waals surface area contributed by atoms with Gasteiger partial charge in [-0.15, -0.1) is 0 Å². The lowest BCUT2D eigenvalue weighted by molar-refractivity contribution is -0.852. The molecule has 0 bridgehead atoms. The van der Waals surface area contributed by atoms with Crippen LogP contribution in [0.2, 0.25) is 0 Å². The van der Waals surface area contributed by atoms with Gasteiger partial charge in [0.2, 0.25) is 0 Å². The van der Waals surface area contributed by atoms with E-state index >= 15 is 0 Å². The van der Waals surface area contributed by atoms with Crippen molar-refractivity contribution in [1.29, 1.82) is 0 Å². The molecule has 2 aromatic carbocycles. The fourth-order valence-electron chi connectivity index (χ4n) is 2.69. The molecule has 0 unspecified atom stereocenters. The summed E-state index contributed by atoms with van der Waals surface area (Å²) in [6.45, 7) is 8.82. The van der Waals surface area contributed by atoms with Gasteiger partial charge in [-0.05, 0) is 36.1 Å². The molecule has 0 aromatic heterocycles. The van der Waals surface area contributed by atoms with Crippen molar-refractivity contribution in [3.8, 4) is 0 Å². The van der Waals surface area contributed by atoms with Gasteiger partial charge in [-0.1, -0.05) is 61.2 Å². The van der Waals surface area contributed by atoms with Gasteiger partial charge in [0.1, 0.15) is 6.54 Å². The van der Waals surface area contributed by atoms with E-state index in [1.807, 2.05) is 12.3 Å². The van der Waals surface area contributed by atoms with Gasteiger partial charge in [0.05, 0.1) is 20.3 Å². The van der Waals surface area contributed by atoms with Crippen molar-refractivity contribution >= 4 is 6.08 Å². The highest BCUT2D eigenvalue weighted by atomic mass is 35.5. The molecule has 0 saturated carbocycles. The molecular weight excluding hydrogens is 302 g/mol. The molecule has 0 radical (unpaired) electrons. The highest BCUT2D eigenvalue weighted by Crippen LogP contribution is 2.19. The fourth-order valence-corrected chi connectivity index (χ4v) is 2.69. The predicted octanol–water partition coefficient (Wildman–Crippen LogP) is 1.84. The van der Waals surface area contributed by atoms with E-state index in [0.29, 0.717) is 0 Å². The molecule has 0 heterocycles. The van der Waals surface area contributed by atoms with E-state index in [2.05, 4.69) is 75.8 Å². The van der Waals surface area contributed by atoms with Gasteiger partial charge in [0.15, 0.2) is 0 Å². The van der Waals surface area contributed by atoms with Crippen LogP contribution in [0.15, 0.2) is 67.9 Å². The van der Waals surface area contributed by atoms with Crippen LogP contribution >= 0.6 is 0 Å². The van der Waals surface area contributed by atoms with Crippen LogP contribution in [0.1, 0.15) is 22.3 Å². The van der Waals surface area contributed by atoms with Crippen molar-refractivity contribution in [2.24, 2.45) is 0 Å². The van der Waals surface area contributed by atoms with Crippen LogP contribution in [-0.2, 0) is 19.4 Å². The Balaban J connectivity index is 0.00000264. The molecule has 0 atom stereocenters. The second kappa shape index (κ2) is 8.71. The molecule has 0 fully saturated rings. The van der Waals surface area contributed by atoms with Crippen molar-refractivity contribution in [3.63, 3.8) is 0 Å². The van der Waals surface area contributed by atoms with Crippen LogP contribution in [0.5, 0.6) is 0 Å². The van der Waals surface area contributed by atoms with Crippen molar-refractivity contribution < 1.29 is 16.9 Å². The SMILES string of the molecule is C=Cc1ccccc1CCc1ccccc1C[N+](C)(C)C=C.[Cl-]. The molecule has 2 aromatic rings. The Morgan fingerprint density at radius 1 is 0.826 bits per heavy atom. The zero-order valence-electron chi connectivity index (χ0n) is 14.1. The molecular formula is C21H26ClN. The third-order valence-corrected chi connectivity index (χ3v) is 4.13. The zero-order valence-corrected chi connectivity index (χ0v) is 14.9. The lowest BCUT2D eigenvalue weighted by Gasteiger charge is -2.25. The van der Waals surface area contributed by atoms with Crippen LogP contribution in [0, 0.1) is 0 Å². The largest absolute Gasteiger partial charge is 1.00 e. The molecule has 0 amide bonds. The first-order valence-electron chi connectivity index (χ1n) is 7.79. The summed E-state index contributed by atoms with van der Waals surface area (Å²) in [7, 11) is 4.35. The van der Waals surface area contributed by atoms with E-state index in [-0.39, 0.29) is 12.4 Å². The number of aryl methyl sites for hydroxylation is 2. The molecule has 0 spiro atoms. The van der Waals surface area contributed by atoms with Gasteiger partial charge in [-0.25, -0.2) is 0 Å². The first-order valence-corrected chi connectivity index (χ1v) is 7.79. The molecule has 1 nitrogen and oxygen atoms in total. The van der Waals surface area contributed by atoms with Crippen LogP contribution in [-0.4, -0.2) is 18.6 Å². The molecule has 0 saturated heterocycles. The third kappa shape index (κ3) is 5.38. The molecule has 23 heavy (non-hydrogen) atoms. The number of halogens is 1. The topological polar surface area (TPSA) is 0 Å². The highest BCUT2D eigenvalue weighted by molar-refractivity contribution is 5.51. The van der Waals surface area contributed by atoms with E-state index in [0.717, 1.165) is 23.9 Å². The molecule has 2 heteroatoms. The lowest BCUT2D eigenvalue weighted by Crippen LogP contribution is -3.00. The molecule has 0 aliphatic carbocycles. The maximum atomic E-state index is 3.94. The van der Waals surface area contributed by atoms with Gasteiger partial charge in [-0.3, -0.25) is 4.48 Å². The zero-order chi connectivity index (χ0) is 16.0. The summed E-state index contributed by atoms with van der Waals surface area (Å²) < 4.78 is 0.792. The summed E-state index contributed by atoms with van der Waals surface area (Å²) in [6, 6.07) is 17.2. The van der Waals surface area contributed by atoms with Crippen molar-refractivity contribution in [3.05, 3.63) is 90.1 Å². The van der Waals surface area contributed by atoms with E-state index < -0.39 is 0 Å². The Labute approximate surface area is 147 Å². The number of rotatable bonds is 7. The molecule has 122 valence electrons. The van der Waals surface area contributed by atoms with E-state index in [9.17, 15) is 0 Å². The van der Waals surface area contributed by atoms with Gasteiger partial charge < -0.3 is 12.4 Å². The minimum absolute atomic E-state index is 0. The van der Waals surface area contributed by atoms with Crippen LogP contribution in [0.25, 0.3) is 6.08 Å². The number of quaternary nitrogens is 1. The van der Waals surface area contributed by atoms with Gasteiger partial charge in [-0.2, -0.15) is 0 Å². The molecule has 0 N–H and O–H groups in total. The van der Waals surface area contributed by atoms with Gasteiger partial charge in [0, 0.05) is 5.56 Å². The number of hydrogen-bond acceptors (Lipinski definition) is 0. The second-order valence-corrected chi connectivity index (χ2v) is 6.29. The maximum Gasteiger partial charge on any atom is 0.108 e. The average molecular weight is 328 g/mol. The molecule has 0 aliphatic heterocycles. The van der Waals surface area contributed by atoms with Crippen LogP contribution in [0.4, 0.5) is 0 Å². The first kappa shape index (κ1) is 19.2. The normalized spacial score (nSPS) is 10.7. The van der Waals surface area contributed by atoms with Crippen molar-refractivity contribution in [2.75, 3.05) is 14.1 Å². The van der Waals surface area contributed by atoms with Crippen LogP contribution in [0.3, 0.4) is 0 Å². The number of hydrogen-bond donors (Lipinski definition) is 0. The Morgan fingerprint density at radius 3 is 1.96 bits per heavy atom. The highest BCUT2D eigenvalue weighted by Gasteiger charge is 2.14. The third-order valence-electron chi connectivity index (χ3n) is 4.13. The maximum absolute atomic E-state index is 3.94. The predicted molar refractivity (Wildman–Crippen MR) is 96.4 cm³/mol. The Bertz CT molecular complexity index is 658. The minimum atomic E-state index is 0. The van der Waals surface area contributed by atoms with Crippen molar-refractivity contribution in [1.82, 2.24) is 0 Å². The fraction of sp³-hybridized carbons (Fsp3) is 0.238. The van der Waals surface area contributed by atoms with Crippen molar-refractivity contribution in [2.45, 2.75) is 19.4 Å². The Hall–Kier alpha value is -1.83. The molecule has 0 aliphatic rings. The van der Waals surface area contributed by atoms with Gasteiger partial charge >= 0.3 is 0 Å². The number of nitrogens with zero attached hydrogens (tertiary/aromatic N) is 1. The smallest absolute Gasteiger partial charge is 0.108 e. The lowest BCUT2D eigenvalue weighted by atomic mass is 9.96. The molecule has 2 rings (SSSR count). The standard InChI is InChI=1S/C21H26N.ClH/c1-5-18-11-7-8-12-19(18)15-16-20-13-9-10-14-21(20)17-22(3,4)6-2;/h5-14H,1-2,15-17H2,3-4H3;1H/q+1;/p-1. The van der Waals surface area contributed by atoms with E-state index in [1.54, 1.807) is 0 Å². The monoisotopic (exact) mass is 327 g/mol. The van der Waals surface area contributed by atoms with Crippen LogP contribution < -0.4 is 12.4 Å². The second-order valence-electron chi connectivity index (χ2n) is 6.29. The Kier molecular flexibility index (Phi) is 7.28. The summed E-state index contributed by atoms with van der Waals surface area (Å²) in [5, 5.41) is 0. The summed E-state index contributed by atoms with van der Waals surface area (Å²) in [4.78, 5) is 0. The van der Waals surface area contributed by atoms with Gasteiger partial charge in [0.25, 0.3) is 0 Å². The number of benzene rings is 2. The van der Waals surface area contributed by atoms with E-state index in [1.165, 1.54) is 22.3 Å². The summed E-state index contributed by atoms with van der Waals surface area (Å²) in [5.41, 5.74) is 5.44. The summed E-state index contributed by atoms with van der Waals surface area (Å²) in [6.07, 6.45) is 6.03. The average Bonchev–Trinajstić information content (AvgIpc) is 2.54. The quantitative estimate of drug-likeness (QED) is 0.681. The first-order chi connectivity index (χ1) is 10.6. The summed E-state index contributed by atoms with van der Waals surface area (Å²) in [5.74, 6) is 0.